The van der Waals surface area contributed by atoms with Crippen molar-refractivity contribution in [3.8, 4) is 0 Å². The van der Waals surface area contributed by atoms with Gasteiger partial charge in [-0.25, -0.2) is 0 Å². The summed E-state index contributed by atoms with van der Waals surface area (Å²) in [6.07, 6.45) is 6.16. The van der Waals surface area contributed by atoms with Crippen molar-refractivity contribution in [2.45, 2.75) is 45.4 Å². The monoisotopic (exact) mass is 213 g/mol. The van der Waals surface area contributed by atoms with Gasteiger partial charge in [0, 0.05) is 6.54 Å². The van der Waals surface area contributed by atoms with Gasteiger partial charge < -0.3 is 10.0 Å². The molecule has 0 bridgehead atoms. The van der Waals surface area contributed by atoms with Crippen molar-refractivity contribution in [2.24, 2.45) is 5.41 Å². The SMILES string of the molecule is CCCN(C)CC1(C(=O)O)CCCCC1. The van der Waals surface area contributed by atoms with Gasteiger partial charge in [0.25, 0.3) is 0 Å². The minimum absolute atomic E-state index is 0.456. The van der Waals surface area contributed by atoms with Crippen LogP contribution in [0.1, 0.15) is 45.4 Å². The van der Waals surface area contributed by atoms with E-state index in [0.717, 1.165) is 45.2 Å². The summed E-state index contributed by atoms with van der Waals surface area (Å²) in [7, 11) is 2.03. The van der Waals surface area contributed by atoms with Crippen molar-refractivity contribution in [2.75, 3.05) is 20.1 Å². The average Bonchev–Trinajstić information content (AvgIpc) is 2.19. The molecule has 1 saturated carbocycles. The van der Waals surface area contributed by atoms with Crippen LogP contribution >= 0.6 is 0 Å². The first kappa shape index (κ1) is 12.5. The fourth-order valence-corrected chi connectivity index (χ4v) is 2.65. The predicted octanol–water partition coefficient (Wildman–Crippen LogP) is 2.36. The van der Waals surface area contributed by atoms with Gasteiger partial charge in [-0.2, -0.15) is 0 Å². The van der Waals surface area contributed by atoms with Gasteiger partial charge in [0.15, 0.2) is 0 Å². The highest BCUT2D eigenvalue weighted by molar-refractivity contribution is 5.75. The second kappa shape index (κ2) is 5.50. The average molecular weight is 213 g/mol. The van der Waals surface area contributed by atoms with E-state index in [-0.39, 0.29) is 0 Å². The molecule has 1 N–H and O–H groups in total. The Morgan fingerprint density at radius 1 is 1.33 bits per heavy atom. The molecule has 0 amide bonds. The summed E-state index contributed by atoms with van der Waals surface area (Å²) < 4.78 is 0. The first-order chi connectivity index (χ1) is 7.10. The van der Waals surface area contributed by atoms with Crippen LogP contribution in [0.5, 0.6) is 0 Å². The molecule has 88 valence electrons. The van der Waals surface area contributed by atoms with Crippen LogP contribution in [-0.4, -0.2) is 36.1 Å². The molecule has 0 unspecified atom stereocenters. The molecule has 0 aromatic heterocycles. The molecular formula is C12H23NO2. The highest BCUT2D eigenvalue weighted by Crippen LogP contribution is 2.37. The summed E-state index contributed by atoms with van der Waals surface area (Å²) in [6.45, 7) is 3.84. The second-order valence-electron chi connectivity index (χ2n) is 4.88. The molecule has 0 spiro atoms. The summed E-state index contributed by atoms with van der Waals surface area (Å²) >= 11 is 0. The molecular weight excluding hydrogens is 190 g/mol. The fraction of sp³-hybridized carbons (Fsp3) is 0.917. The molecule has 3 heteroatoms. The quantitative estimate of drug-likeness (QED) is 0.762. The number of carboxylic acid groups (broad SMARTS) is 1. The number of hydrogen-bond donors (Lipinski definition) is 1. The Labute approximate surface area is 92.5 Å². The van der Waals surface area contributed by atoms with Crippen LogP contribution in [0, 0.1) is 5.41 Å². The maximum absolute atomic E-state index is 11.4. The Morgan fingerprint density at radius 3 is 2.40 bits per heavy atom. The zero-order valence-electron chi connectivity index (χ0n) is 9.96. The zero-order chi connectivity index (χ0) is 11.3. The van der Waals surface area contributed by atoms with Gasteiger partial charge in [-0.3, -0.25) is 4.79 Å². The lowest BCUT2D eigenvalue weighted by atomic mass is 9.73. The van der Waals surface area contributed by atoms with Gasteiger partial charge in [-0.05, 0) is 32.9 Å². The van der Waals surface area contributed by atoms with Crippen molar-refractivity contribution in [1.29, 1.82) is 0 Å². The lowest BCUT2D eigenvalue weighted by molar-refractivity contribution is -0.152. The molecule has 0 heterocycles. The van der Waals surface area contributed by atoms with Gasteiger partial charge in [0.1, 0.15) is 0 Å². The van der Waals surface area contributed by atoms with Crippen LogP contribution in [0.15, 0.2) is 0 Å². The maximum Gasteiger partial charge on any atom is 0.310 e. The minimum Gasteiger partial charge on any atom is -0.481 e. The number of rotatable bonds is 5. The molecule has 1 fully saturated rings. The lowest BCUT2D eigenvalue weighted by Crippen LogP contribution is -2.43. The third-order valence-electron chi connectivity index (χ3n) is 3.44. The van der Waals surface area contributed by atoms with Crippen LogP contribution in [0.4, 0.5) is 0 Å². The van der Waals surface area contributed by atoms with E-state index in [0.29, 0.717) is 0 Å². The van der Waals surface area contributed by atoms with Crippen molar-refractivity contribution >= 4 is 5.97 Å². The summed E-state index contributed by atoms with van der Waals surface area (Å²) in [5, 5.41) is 9.38. The van der Waals surface area contributed by atoms with E-state index >= 15 is 0 Å². The van der Waals surface area contributed by atoms with E-state index in [9.17, 15) is 9.90 Å². The number of aliphatic carboxylic acids is 1. The van der Waals surface area contributed by atoms with Crippen molar-refractivity contribution in [3.63, 3.8) is 0 Å². The Kier molecular flexibility index (Phi) is 4.58. The van der Waals surface area contributed by atoms with Crippen LogP contribution in [0.3, 0.4) is 0 Å². The number of hydrogen-bond acceptors (Lipinski definition) is 2. The van der Waals surface area contributed by atoms with Gasteiger partial charge in [0.2, 0.25) is 0 Å². The standard InChI is InChI=1S/C12H23NO2/c1-3-9-13(2)10-12(11(14)15)7-5-4-6-8-12/h3-10H2,1-2H3,(H,14,15). The molecule has 0 atom stereocenters. The molecule has 1 rings (SSSR count). The first-order valence-corrected chi connectivity index (χ1v) is 6.03. The summed E-state index contributed by atoms with van der Waals surface area (Å²) in [6, 6.07) is 0. The molecule has 0 radical (unpaired) electrons. The van der Waals surface area contributed by atoms with E-state index in [1.165, 1.54) is 6.42 Å². The number of carboxylic acids is 1. The number of nitrogens with zero attached hydrogens (tertiary/aromatic N) is 1. The van der Waals surface area contributed by atoms with E-state index in [1.807, 2.05) is 7.05 Å². The molecule has 3 nitrogen and oxygen atoms in total. The Balaban J connectivity index is 2.60. The van der Waals surface area contributed by atoms with Gasteiger partial charge >= 0.3 is 5.97 Å². The van der Waals surface area contributed by atoms with Crippen molar-refractivity contribution in [1.82, 2.24) is 4.90 Å². The Bertz CT molecular complexity index is 210. The highest BCUT2D eigenvalue weighted by atomic mass is 16.4. The van der Waals surface area contributed by atoms with Gasteiger partial charge in [-0.1, -0.05) is 26.2 Å². The summed E-state index contributed by atoms with van der Waals surface area (Å²) in [5.74, 6) is -0.592. The van der Waals surface area contributed by atoms with Crippen LogP contribution in [-0.2, 0) is 4.79 Å². The topological polar surface area (TPSA) is 40.5 Å². The van der Waals surface area contributed by atoms with E-state index in [2.05, 4.69) is 11.8 Å². The number of carbonyl (C=O) groups is 1. The molecule has 0 aromatic rings. The maximum atomic E-state index is 11.4. The van der Waals surface area contributed by atoms with Crippen LogP contribution in [0.25, 0.3) is 0 Å². The first-order valence-electron chi connectivity index (χ1n) is 6.03. The fourth-order valence-electron chi connectivity index (χ4n) is 2.65. The van der Waals surface area contributed by atoms with Gasteiger partial charge in [-0.15, -0.1) is 0 Å². The van der Waals surface area contributed by atoms with Crippen molar-refractivity contribution in [3.05, 3.63) is 0 Å². The predicted molar refractivity (Wildman–Crippen MR) is 60.9 cm³/mol. The van der Waals surface area contributed by atoms with Gasteiger partial charge in [0.05, 0.1) is 5.41 Å². The normalized spacial score (nSPS) is 20.5. The molecule has 0 aromatic carbocycles. The van der Waals surface area contributed by atoms with E-state index < -0.39 is 11.4 Å². The summed E-state index contributed by atoms with van der Waals surface area (Å²) in [4.78, 5) is 13.6. The molecule has 1 aliphatic carbocycles. The molecule has 0 aliphatic heterocycles. The smallest absolute Gasteiger partial charge is 0.310 e. The summed E-state index contributed by atoms with van der Waals surface area (Å²) in [5.41, 5.74) is -0.456. The second-order valence-corrected chi connectivity index (χ2v) is 4.88. The van der Waals surface area contributed by atoms with E-state index in [1.54, 1.807) is 0 Å². The molecule has 1 aliphatic rings. The zero-order valence-corrected chi connectivity index (χ0v) is 9.96. The van der Waals surface area contributed by atoms with E-state index in [4.69, 9.17) is 0 Å². The Hall–Kier alpha value is -0.570. The molecule has 0 saturated heterocycles. The third-order valence-corrected chi connectivity index (χ3v) is 3.44. The highest BCUT2D eigenvalue weighted by Gasteiger charge is 2.40. The lowest BCUT2D eigenvalue weighted by Gasteiger charge is -2.36. The Morgan fingerprint density at radius 2 is 1.93 bits per heavy atom. The molecule has 15 heavy (non-hydrogen) atoms. The van der Waals surface area contributed by atoms with Crippen LogP contribution in [0.2, 0.25) is 0 Å². The minimum atomic E-state index is -0.592. The van der Waals surface area contributed by atoms with Crippen LogP contribution < -0.4 is 0 Å². The third kappa shape index (κ3) is 3.20. The largest absolute Gasteiger partial charge is 0.481 e. The van der Waals surface area contributed by atoms with Crippen molar-refractivity contribution < 1.29 is 9.90 Å².